The number of hydrogen-bond acceptors (Lipinski definition) is 3. The van der Waals surface area contributed by atoms with Gasteiger partial charge in [0.2, 0.25) is 0 Å². The average molecular weight is 192 g/mol. The third-order valence-corrected chi connectivity index (χ3v) is 2.05. The van der Waals surface area contributed by atoms with E-state index in [-0.39, 0.29) is 11.7 Å². The van der Waals surface area contributed by atoms with Gasteiger partial charge in [-0.2, -0.15) is 0 Å². The molecule has 1 atom stereocenters. The van der Waals surface area contributed by atoms with E-state index < -0.39 is 0 Å². The number of nitrogens with one attached hydrogen (secondary N) is 1. The lowest BCUT2D eigenvalue weighted by Crippen LogP contribution is -2.28. The molecule has 0 aromatic carbocycles. The highest BCUT2D eigenvalue weighted by Crippen LogP contribution is 2.06. The molecule has 0 amide bonds. The van der Waals surface area contributed by atoms with Crippen LogP contribution in [0.5, 0.6) is 0 Å². The van der Waals surface area contributed by atoms with Crippen molar-refractivity contribution in [2.75, 3.05) is 0 Å². The molecule has 0 aliphatic rings. The van der Waals surface area contributed by atoms with Crippen molar-refractivity contribution in [3.8, 4) is 0 Å². The summed E-state index contributed by atoms with van der Waals surface area (Å²) >= 11 is 0. The Morgan fingerprint density at radius 3 is 3.21 bits per heavy atom. The van der Waals surface area contributed by atoms with Crippen LogP contribution in [0.2, 0.25) is 0 Å². The summed E-state index contributed by atoms with van der Waals surface area (Å²) in [5.74, 6) is 0. The van der Waals surface area contributed by atoms with Crippen LogP contribution in [0.15, 0.2) is 23.3 Å². The molecular formula is C9H12N4O. The molecule has 14 heavy (non-hydrogen) atoms. The van der Waals surface area contributed by atoms with E-state index in [0.29, 0.717) is 6.54 Å². The minimum atomic E-state index is -0.134. The van der Waals surface area contributed by atoms with Gasteiger partial charge in [-0.3, -0.25) is 9.55 Å². The fourth-order valence-corrected chi connectivity index (χ4v) is 1.47. The van der Waals surface area contributed by atoms with Crippen LogP contribution >= 0.6 is 0 Å². The minimum absolute atomic E-state index is 0.0492. The molecule has 2 heterocycles. The van der Waals surface area contributed by atoms with Gasteiger partial charge in [0.1, 0.15) is 0 Å². The second kappa shape index (κ2) is 3.26. The van der Waals surface area contributed by atoms with Crippen LogP contribution in [-0.4, -0.2) is 20.6 Å². The minimum Gasteiger partial charge on any atom is -0.326 e. The molecule has 0 saturated heterocycles. The summed E-state index contributed by atoms with van der Waals surface area (Å²) in [6, 6.07) is 1.72. The van der Waals surface area contributed by atoms with Gasteiger partial charge in [-0.15, -0.1) is 0 Å². The molecule has 2 aromatic rings. The number of fused-ring (bicyclic) bond motifs is 1. The van der Waals surface area contributed by atoms with Crippen LogP contribution in [-0.2, 0) is 6.54 Å². The summed E-state index contributed by atoms with van der Waals surface area (Å²) < 4.78 is 1.60. The van der Waals surface area contributed by atoms with Gasteiger partial charge in [0, 0.05) is 18.8 Å². The number of aromatic nitrogens is 3. The predicted molar refractivity (Wildman–Crippen MR) is 54.0 cm³/mol. The summed E-state index contributed by atoms with van der Waals surface area (Å²) in [7, 11) is 0. The zero-order valence-electron chi connectivity index (χ0n) is 7.90. The van der Waals surface area contributed by atoms with Crippen molar-refractivity contribution < 1.29 is 0 Å². The summed E-state index contributed by atoms with van der Waals surface area (Å²) in [5.41, 5.74) is 7.11. The molecule has 0 radical (unpaired) electrons. The van der Waals surface area contributed by atoms with E-state index in [1.165, 1.54) is 0 Å². The molecule has 2 aromatic heterocycles. The fourth-order valence-electron chi connectivity index (χ4n) is 1.47. The van der Waals surface area contributed by atoms with Crippen molar-refractivity contribution in [3.63, 3.8) is 0 Å². The second-order valence-electron chi connectivity index (χ2n) is 3.41. The Kier molecular flexibility index (Phi) is 2.09. The largest absolute Gasteiger partial charge is 0.326 e. The van der Waals surface area contributed by atoms with Crippen molar-refractivity contribution in [3.05, 3.63) is 28.9 Å². The van der Waals surface area contributed by atoms with Crippen LogP contribution in [0.3, 0.4) is 0 Å². The third-order valence-electron chi connectivity index (χ3n) is 2.05. The number of aromatic amines is 1. The Morgan fingerprint density at radius 2 is 2.50 bits per heavy atom. The number of rotatable bonds is 2. The molecule has 0 saturated carbocycles. The first-order chi connectivity index (χ1) is 6.68. The Bertz CT molecular complexity index is 497. The first-order valence-corrected chi connectivity index (χ1v) is 4.46. The van der Waals surface area contributed by atoms with E-state index in [4.69, 9.17) is 5.73 Å². The Labute approximate surface area is 80.6 Å². The van der Waals surface area contributed by atoms with Crippen molar-refractivity contribution >= 4 is 11.0 Å². The predicted octanol–water partition coefficient (Wildman–Crippen LogP) is 0.0718. The highest BCUT2D eigenvalue weighted by molar-refractivity contribution is 5.73. The Morgan fingerprint density at radius 1 is 1.71 bits per heavy atom. The lowest BCUT2D eigenvalue weighted by molar-refractivity contribution is 0.588. The van der Waals surface area contributed by atoms with E-state index >= 15 is 0 Å². The van der Waals surface area contributed by atoms with Crippen molar-refractivity contribution in [2.24, 2.45) is 5.73 Å². The maximum Gasteiger partial charge on any atom is 0.326 e. The zero-order chi connectivity index (χ0) is 10.1. The normalized spacial score (nSPS) is 13.3. The van der Waals surface area contributed by atoms with Crippen LogP contribution in [0, 0.1) is 0 Å². The smallest absolute Gasteiger partial charge is 0.326 e. The topological polar surface area (TPSA) is 76.7 Å². The van der Waals surface area contributed by atoms with E-state index in [0.717, 1.165) is 11.0 Å². The molecule has 74 valence electrons. The number of nitrogens with two attached hydrogens (primary N) is 1. The molecule has 1 unspecified atom stereocenters. The van der Waals surface area contributed by atoms with E-state index in [1.807, 2.05) is 6.92 Å². The maximum absolute atomic E-state index is 11.5. The summed E-state index contributed by atoms with van der Waals surface area (Å²) in [6.07, 6.45) is 3.31. The molecule has 2 rings (SSSR count). The van der Waals surface area contributed by atoms with Gasteiger partial charge in [-0.05, 0) is 13.0 Å². The molecule has 5 nitrogen and oxygen atoms in total. The summed E-state index contributed by atoms with van der Waals surface area (Å²) in [5, 5.41) is 0. The first kappa shape index (κ1) is 8.96. The Balaban J connectivity index is 2.62. The molecule has 3 N–H and O–H groups in total. The van der Waals surface area contributed by atoms with E-state index in [2.05, 4.69) is 9.97 Å². The van der Waals surface area contributed by atoms with Gasteiger partial charge in [0.25, 0.3) is 0 Å². The van der Waals surface area contributed by atoms with Gasteiger partial charge >= 0.3 is 5.69 Å². The van der Waals surface area contributed by atoms with Gasteiger partial charge in [-0.25, -0.2) is 4.79 Å². The molecular weight excluding hydrogens is 180 g/mol. The molecule has 0 bridgehead atoms. The second-order valence-corrected chi connectivity index (χ2v) is 3.41. The molecule has 0 spiro atoms. The maximum atomic E-state index is 11.5. The van der Waals surface area contributed by atoms with Crippen LogP contribution in [0.25, 0.3) is 11.0 Å². The van der Waals surface area contributed by atoms with E-state index in [1.54, 1.807) is 23.0 Å². The third kappa shape index (κ3) is 1.42. The lowest BCUT2D eigenvalue weighted by atomic mass is 10.3. The van der Waals surface area contributed by atoms with Crippen molar-refractivity contribution in [1.82, 2.24) is 14.5 Å². The standard InChI is InChI=1S/C9H12N4O/c1-6(10)5-13-8-4-11-3-2-7(8)12-9(13)14/h2-4,6H,5,10H2,1H3,(H,12,14). The van der Waals surface area contributed by atoms with Gasteiger partial charge < -0.3 is 10.7 Å². The number of H-pyrrole nitrogens is 1. The Hall–Kier alpha value is -1.62. The highest BCUT2D eigenvalue weighted by atomic mass is 16.1. The first-order valence-electron chi connectivity index (χ1n) is 4.46. The summed E-state index contributed by atoms with van der Waals surface area (Å²) in [6.45, 7) is 2.37. The molecule has 5 heteroatoms. The van der Waals surface area contributed by atoms with Gasteiger partial charge in [0.05, 0.1) is 17.2 Å². The molecule has 0 aliphatic carbocycles. The molecule has 0 aliphatic heterocycles. The monoisotopic (exact) mass is 192 g/mol. The van der Waals surface area contributed by atoms with Crippen LogP contribution in [0.1, 0.15) is 6.92 Å². The van der Waals surface area contributed by atoms with Crippen molar-refractivity contribution in [2.45, 2.75) is 19.5 Å². The van der Waals surface area contributed by atoms with Crippen molar-refractivity contribution in [1.29, 1.82) is 0 Å². The average Bonchev–Trinajstić information content (AvgIpc) is 2.43. The number of pyridine rings is 1. The molecule has 0 fully saturated rings. The quantitative estimate of drug-likeness (QED) is 0.707. The van der Waals surface area contributed by atoms with Crippen LogP contribution in [0.4, 0.5) is 0 Å². The lowest BCUT2D eigenvalue weighted by Gasteiger charge is -2.05. The number of nitrogens with zero attached hydrogens (tertiary/aromatic N) is 2. The van der Waals surface area contributed by atoms with Gasteiger partial charge in [0.15, 0.2) is 0 Å². The van der Waals surface area contributed by atoms with E-state index in [9.17, 15) is 4.79 Å². The SMILES string of the molecule is CC(N)Cn1c(=O)[nH]c2ccncc21. The highest BCUT2D eigenvalue weighted by Gasteiger charge is 2.07. The van der Waals surface area contributed by atoms with Crippen LogP contribution < -0.4 is 11.4 Å². The fraction of sp³-hybridized carbons (Fsp3) is 0.333. The number of imidazole rings is 1. The zero-order valence-corrected chi connectivity index (χ0v) is 7.90. The number of hydrogen-bond donors (Lipinski definition) is 2. The van der Waals surface area contributed by atoms with Gasteiger partial charge in [-0.1, -0.05) is 0 Å². The summed E-state index contributed by atoms with van der Waals surface area (Å²) in [4.78, 5) is 18.2.